The van der Waals surface area contributed by atoms with Gasteiger partial charge in [-0.2, -0.15) is 0 Å². The molecule has 28 heavy (non-hydrogen) atoms. The molecule has 6 nitrogen and oxygen atoms in total. The molecule has 0 bridgehead atoms. The van der Waals surface area contributed by atoms with E-state index < -0.39 is 17.9 Å². The predicted molar refractivity (Wildman–Crippen MR) is 104 cm³/mol. The van der Waals surface area contributed by atoms with Crippen LogP contribution in [0.4, 0.5) is 0 Å². The number of hydrogen-bond acceptors (Lipinski definition) is 3. The van der Waals surface area contributed by atoms with Crippen LogP contribution in [0.5, 0.6) is 0 Å². The number of nitrogens with zero attached hydrogens (tertiary/aromatic N) is 1. The lowest BCUT2D eigenvalue weighted by molar-refractivity contribution is -0.142. The van der Waals surface area contributed by atoms with E-state index in [0.717, 1.165) is 11.1 Å². The molecular formula is C22H24N2O4. The highest BCUT2D eigenvalue weighted by molar-refractivity contribution is 5.91. The molecule has 0 spiro atoms. The fraction of sp³-hybridized carbons (Fsp3) is 0.318. The number of carbonyl (C=O) groups is 3. The van der Waals surface area contributed by atoms with Gasteiger partial charge in [-0.3, -0.25) is 9.59 Å². The maximum atomic E-state index is 12.6. The van der Waals surface area contributed by atoms with E-state index in [9.17, 15) is 19.5 Å². The van der Waals surface area contributed by atoms with Crippen LogP contribution in [0.25, 0.3) is 0 Å². The molecule has 2 unspecified atom stereocenters. The summed E-state index contributed by atoms with van der Waals surface area (Å²) in [6.45, 7) is 2.22. The molecule has 2 N–H and O–H groups in total. The zero-order chi connectivity index (χ0) is 20.1. The van der Waals surface area contributed by atoms with E-state index in [1.54, 1.807) is 4.90 Å². The summed E-state index contributed by atoms with van der Waals surface area (Å²) in [7, 11) is 0. The molecule has 3 rings (SSSR count). The smallest absolute Gasteiger partial charge is 0.326 e. The van der Waals surface area contributed by atoms with E-state index in [4.69, 9.17) is 0 Å². The Bertz CT molecular complexity index is 838. The third-order valence-electron chi connectivity index (χ3n) is 5.18. The van der Waals surface area contributed by atoms with Gasteiger partial charge in [0.05, 0.1) is 12.0 Å². The minimum absolute atomic E-state index is 0.0913. The van der Waals surface area contributed by atoms with E-state index >= 15 is 0 Å². The van der Waals surface area contributed by atoms with Crippen molar-refractivity contribution in [2.24, 2.45) is 5.92 Å². The first-order valence-electron chi connectivity index (χ1n) is 9.37. The SMILES string of the molecule is CC(c1ccccc1)N1CC(C(=O)N[C@H](Cc2ccccc2)C(=O)O)CC1=O. The summed E-state index contributed by atoms with van der Waals surface area (Å²) in [5.74, 6) is -2.11. The zero-order valence-electron chi connectivity index (χ0n) is 15.7. The average Bonchev–Trinajstić information content (AvgIpc) is 3.10. The minimum atomic E-state index is -1.09. The van der Waals surface area contributed by atoms with Crippen LogP contribution in [0.3, 0.4) is 0 Å². The van der Waals surface area contributed by atoms with Crippen molar-refractivity contribution in [3.05, 3.63) is 71.8 Å². The molecule has 0 saturated carbocycles. The molecule has 1 fully saturated rings. The van der Waals surface area contributed by atoms with Crippen LogP contribution in [-0.4, -0.2) is 40.4 Å². The van der Waals surface area contributed by atoms with Gasteiger partial charge in [-0.15, -0.1) is 0 Å². The summed E-state index contributed by atoms with van der Waals surface area (Å²) in [6.07, 6.45) is 0.299. The fourth-order valence-electron chi connectivity index (χ4n) is 3.53. The second kappa shape index (κ2) is 8.69. The summed E-state index contributed by atoms with van der Waals surface area (Å²) in [4.78, 5) is 38.4. The standard InChI is InChI=1S/C22H24N2O4/c1-15(17-10-6-3-7-11-17)24-14-18(13-20(24)25)21(26)23-19(22(27)28)12-16-8-4-2-5-9-16/h2-11,15,18-19H,12-14H2,1H3,(H,23,26)(H,27,28)/t15?,18?,19-/m1/s1. The molecule has 1 heterocycles. The Labute approximate surface area is 164 Å². The number of benzene rings is 2. The van der Waals surface area contributed by atoms with Gasteiger partial charge < -0.3 is 15.3 Å². The number of carbonyl (C=O) groups excluding carboxylic acids is 2. The van der Waals surface area contributed by atoms with Crippen molar-refractivity contribution in [1.82, 2.24) is 10.2 Å². The summed E-state index contributed by atoms with van der Waals surface area (Å²) < 4.78 is 0. The summed E-state index contributed by atoms with van der Waals surface area (Å²) in [5.41, 5.74) is 1.83. The molecule has 1 aliphatic heterocycles. The largest absolute Gasteiger partial charge is 0.480 e. The lowest BCUT2D eigenvalue weighted by atomic mass is 10.0. The van der Waals surface area contributed by atoms with E-state index in [0.29, 0.717) is 6.54 Å². The number of likely N-dealkylation sites (tertiary alicyclic amines) is 1. The van der Waals surface area contributed by atoms with Crippen LogP contribution in [0.1, 0.15) is 30.5 Å². The highest BCUT2D eigenvalue weighted by atomic mass is 16.4. The summed E-state index contributed by atoms with van der Waals surface area (Å²) in [6, 6.07) is 17.6. The van der Waals surface area contributed by atoms with Crippen LogP contribution in [0.2, 0.25) is 0 Å². The van der Waals surface area contributed by atoms with Gasteiger partial charge in [-0.25, -0.2) is 4.79 Å². The van der Waals surface area contributed by atoms with Gasteiger partial charge in [-0.1, -0.05) is 60.7 Å². The van der Waals surface area contributed by atoms with Gasteiger partial charge in [0.1, 0.15) is 6.04 Å². The maximum Gasteiger partial charge on any atom is 0.326 e. The van der Waals surface area contributed by atoms with Crippen LogP contribution in [-0.2, 0) is 20.8 Å². The Kier molecular flexibility index (Phi) is 6.09. The Morgan fingerprint density at radius 3 is 2.32 bits per heavy atom. The van der Waals surface area contributed by atoms with Crippen molar-refractivity contribution in [3.63, 3.8) is 0 Å². The topological polar surface area (TPSA) is 86.7 Å². The van der Waals surface area contributed by atoms with Crippen LogP contribution < -0.4 is 5.32 Å². The van der Waals surface area contributed by atoms with E-state index in [1.165, 1.54) is 0 Å². The summed E-state index contributed by atoms with van der Waals surface area (Å²) in [5, 5.41) is 12.1. The van der Waals surface area contributed by atoms with E-state index in [-0.39, 0.29) is 30.7 Å². The monoisotopic (exact) mass is 380 g/mol. The van der Waals surface area contributed by atoms with Gasteiger partial charge in [0.25, 0.3) is 0 Å². The first-order valence-corrected chi connectivity index (χ1v) is 9.37. The Balaban J connectivity index is 1.64. The van der Waals surface area contributed by atoms with E-state index in [1.807, 2.05) is 67.6 Å². The van der Waals surface area contributed by atoms with Crippen LogP contribution >= 0.6 is 0 Å². The van der Waals surface area contributed by atoms with E-state index in [2.05, 4.69) is 5.32 Å². The molecule has 2 amide bonds. The van der Waals surface area contributed by atoms with Crippen molar-refractivity contribution in [2.75, 3.05) is 6.54 Å². The molecular weight excluding hydrogens is 356 g/mol. The number of nitrogens with one attached hydrogen (secondary N) is 1. The van der Waals surface area contributed by atoms with Crippen molar-refractivity contribution < 1.29 is 19.5 Å². The molecule has 6 heteroatoms. The number of aliphatic carboxylic acids is 1. The molecule has 1 saturated heterocycles. The second-order valence-corrected chi connectivity index (χ2v) is 7.12. The molecule has 0 radical (unpaired) electrons. The highest BCUT2D eigenvalue weighted by Gasteiger charge is 2.38. The van der Waals surface area contributed by atoms with Gasteiger partial charge in [-0.05, 0) is 18.1 Å². The highest BCUT2D eigenvalue weighted by Crippen LogP contribution is 2.28. The lowest BCUT2D eigenvalue weighted by Gasteiger charge is -2.25. The van der Waals surface area contributed by atoms with Crippen molar-refractivity contribution in [2.45, 2.75) is 31.8 Å². The molecule has 0 aromatic heterocycles. The zero-order valence-corrected chi connectivity index (χ0v) is 15.7. The Morgan fingerprint density at radius 2 is 1.71 bits per heavy atom. The van der Waals surface area contributed by atoms with Crippen LogP contribution in [0.15, 0.2) is 60.7 Å². The first kappa shape index (κ1) is 19.6. The van der Waals surface area contributed by atoms with Gasteiger partial charge in [0.15, 0.2) is 0 Å². The van der Waals surface area contributed by atoms with Crippen molar-refractivity contribution in [3.8, 4) is 0 Å². The Hall–Kier alpha value is -3.15. The van der Waals surface area contributed by atoms with Gasteiger partial charge in [0.2, 0.25) is 11.8 Å². The predicted octanol–water partition coefficient (Wildman–Crippen LogP) is 2.41. The van der Waals surface area contributed by atoms with Gasteiger partial charge in [0, 0.05) is 19.4 Å². The second-order valence-electron chi connectivity index (χ2n) is 7.12. The molecule has 1 aliphatic rings. The Morgan fingerprint density at radius 1 is 1.11 bits per heavy atom. The number of carboxylic acids is 1. The molecule has 2 aromatic carbocycles. The number of hydrogen-bond donors (Lipinski definition) is 2. The number of amides is 2. The quantitative estimate of drug-likeness (QED) is 0.772. The van der Waals surface area contributed by atoms with Crippen molar-refractivity contribution >= 4 is 17.8 Å². The average molecular weight is 380 g/mol. The minimum Gasteiger partial charge on any atom is -0.480 e. The fourth-order valence-corrected chi connectivity index (χ4v) is 3.53. The summed E-state index contributed by atoms with van der Waals surface area (Å²) >= 11 is 0. The van der Waals surface area contributed by atoms with Crippen molar-refractivity contribution in [1.29, 1.82) is 0 Å². The first-order chi connectivity index (χ1) is 13.5. The molecule has 146 valence electrons. The molecule has 3 atom stereocenters. The van der Waals surface area contributed by atoms with Gasteiger partial charge >= 0.3 is 5.97 Å². The normalized spacial score (nSPS) is 18.5. The third kappa shape index (κ3) is 4.57. The maximum absolute atomic E-state index is 12.6. The number of rotatable bonds is 7. The third-order valence-corrected chi connectivity index (χ3v) is 5.18. The number of carboxylic acid groups (broad SMARTS) is 1. The van der Waals surface area contributed by atoms with Crippen LogP contribution in [0, 0.1) is 5.92 Å². The molecule has 2 aromatic rings. The molecule has 0 aliphatic carbocycles. The lowest BCUT2D eigenvalue weighted by Crippen LogP contribution is -2.45.